The molecule has 11 heteroatoms. The minimum atomic E-state index is -1.82. The van der Waals surface area contributed by atoms with Crippen molar-refractivity contribution in [3.63, 3.8) is 0 Å². The van der Waals surface area contributed by atoms with Gasteiger partial charge in [-0.25, -0.2) is 9.59 Å². The van der Waals surface area contributed by atoms with E-state index in [2.05, 4.69) is 28.9 Å². The van der Waals surface area contributed by atoms with E-state index in [0.29, 0.717) is 18.5 Å². The Labute approximate surface area is 235 Å². The predicted octanol–water partition coefficient (Wildman–Crippen LogP) is 4.56. The maximum atomic E-state index is 10.7. The summed E-state index contributed by atoms with van der Waals surface area (Å²) in [6.07, 6.45) is 3.52. The van der Waals surface area contributed by atoms with Crippen molar-refractivity contribution in [3.8, 4) is 17.2 Å². The van der Waals surface area contributed by atoms with Gasteiger partial charge in [0.05, 0.1) is 14.2 Å². The highest BCUT2D eigenvalue weighted by Crippen LogP contribution is 2.44. The van der Waals surface area contributed by atoms with E-state index < -0.39 is 18.0 Å². The zero-order valence-electron chi connectivity index (χ0n) is 22.6. The molecule has 40 heavy (non-hydrogen) atoms. The second-order valence-electron chi connectivity index (χ2n) is 9.70. The third kappa shape index (κ3) is 6.67. The Kier molecular flexibility index (Phi) is 9.51. The van der Waals surface area contributed by atoms with E-state index in [1.807, 2.05) is 47.9 Å². The van der Waals surface area contributed by atoms with Crippen LogP contribution < -0.4 is 14.2 Å². The molecule has 0 spiro atoms. The molecule has 0 amide bonds. The maximum Gasteiger partial charge on any atom is 0.414 e. The zero-order chi connectivity index (χ0) is 28.8. The normalized spacial score (nSPS) is 18.1. The van der Waals surface area contributed by atoms with Crippen LogP contribution in [-0.2, 0) is 9.59 Å². The SMILES string of the molecule is COc1ccc2sc([C@@H]3CCN(C[C@H](O)COc4cccc5[nH]ccc45)[C@@H](C)C3)cc2c1OC.O=C(O)C(=O)O. The van der Waals surface area contributed by atoms with E-state index in [4.69, 9.17) is 34.0 Å². The number of carbonyl (C=O) groups is 2. The number of β-amino-alcohol motifs (C(OH)–C–C–N with tert-alkyl or cyclic N) is 1. The van der Waals surface area contributed by atoms with Crippen LogP contribution in [0.5, 0.6) is 17.2 Å². The second-order valence-corrected chi connectivity index (χ2v) is 10.8. The number of hydrogen-bond acceptors (Lipinski definition) is 8. The number of methoxy groups -OCH3 is 2. The molecule has 1 saturated heterocycles. The lowest BCUT2D eigenvalue weighted by Crippen LogP contribution is -2.45. The van der Waals surface area contributed by atoms with Gasteiger partial charge in [-0.2, -0.15) is 0 Å². The molecule has 3 heterocycles. The number of carboxylic acid groups (broad SMARTS) is 2. The summed E-state index contributed by atoms with van der Waals surface area (Å²) in [4.78, 5) is 25.2. The summed E-state index contributed by atoms with van der Waals surface area (Å²) < 4.78 is 18.3. The standard InChI is InChI=1S/C27H32N2O4S.C2H2O4/c1-17-13-18(26-14-21-25(34-26)8-7-24(31-2)27(21)32-3)10-12-29(17)15-19(30)16-33-23-6-4-5-22-20(23)9-11-28-22;3-1(4)2(5)6/h4-9,11,14,17-19,28,30H,10,12-13,15-16H2,1-3H3;(H,3,4)(H,5,6)/t17-,18+,19-;/m0./s1. The average Bonchev–Trinajstić information content (AvgIpc) is 3.60. The Morgan fingerprint density at radius 2 is 1.85 bits per heavy atom. The van der Waals surface area contributed by atoms with Crippen LogP contribution in [0.4, 0.5) is 0 Å². The number of nitrogens with zero attached hydrogens (tertiary/aromatic N) is 1. The quantitative estimate of drug-likeness (QED) is 0.224. The summed E-state index contributed by atoms with van der Waals surface area (Å²) in [5, 5.41) is 27.6. The largest absolute Gasteiger partial charge is 0.493 e. The second kappa shape index (κ2) is 13.0. The lowest BCUT2D eigenvalue weighted by atomic mass is 9.90. The predicted molar refractivity (Wildman–Crippen MR) is 153 cm³/mol. The minimum Gasteiger partial charge on any atom is -0.493 e. The highest BCUT2D eigenvalue weighted by molar-refractivity contribution is 7.19. The molecule has 0 saturated carbocycles. The molecule has 214 valence electrons. The highest BCUT2D eigenvalue weighted by Gasteiger charge is 2.29. The van der Waals surface area contributed by atoms with Crippen LogP contribution in [0.3, 0.4) is 0 Å². The molecule has 1 aliphatic rings. The number of aliphatic hydroxyl groups is 1. The van der Waals surface area contributed by atoms with Crippen LogP contribution in [0.1, 0.15) is 30.6 Å². The summed E-state index contributed by atoms with van der Waals surface area (Å²) in [6.45, 7) is 4.13. The number of aromatic amines is 1. The van der Waals surface area contributed by atoms with E-state index in [0.717, 1.165) is 52.9 Å². The number of piperidine rings is 1. The number of benzene rings is 2. The van der Waals surface area contributed by atoms with Crippen LogP contribution in [0.15, 0.2) is 48.7 Å². The lowest BCUT2D eigenvalue weighted by Gasteiger charge is -2.38. The van der Waals surface area contributed by atoms with Crippen molar-refractivity contribution < 1.29 is 39.1 Å². The molecule has 1 aliphatic heterocycles. The number of nitrogens with one attached hydrogen (secondary N) is 1. The summed E-state index contributed by atoms with van der Waals surface area (Å²) in [5.74, 6) is -0.747. The Bertz CT molecular complexity index is 1450. The van der Waals surface area contributed by atoms with Gasteiger partial charge in [0.1, 0.15) is 18.5 Å². The molecule has 2 aromatic carbocycles. The number of fused-ring (bicyclic) bond motifs is 2. The number of hydrogen-bond donors (Lipinski definition) is 4. The molecule has 0 unspecified atom stereocenters. The molecule has 0 aliphatic carbocycles. The van der Waals surface area contributed by atoms with Gasteiger partial charge in [0.25, 0.3) is 0 Å². The first-order valence-corrected chi connectivity index (χ1v) is 13.7. The Hall–Kier alpha value is -3.80. The van der Waals surface area contributed by atoms with Crippen molar-refractivity contribution in [2.24, 2.45) is 0 Å². The third-order valence-corrected chi connectivity index (χ3v) is 8.35. The van der Waals surface area contributed by atoms with Gasteiger partial charge in [-0.05, 0) is 68.6 Å². The molecule has 1 fully saturated rings. The Morgan fingerprint density at radius 3 is 2.52 bits per heavy atom. The fourth-order valence-corrected chi connectivity index (χ4v) is 6.31. The molecule has 4 aromatic rings. The van der Waals surface area contributed by atoms with Gasteiger partial charge < -0.3 is 34.5 Å². The van der Waals surface area contributed by atoms with E-state index in [-0.39, 0.29) is 6.61 Å². The number of ether oxygens (including phenoxy) is 3. The highest BCUT2D eigenvalue weighted by atomic mass is 32.1. The number of aromatic nitrogens is 1. The number of carboxylic acids is 2. The van der Waals surface area contributed by atoms with Gasteiger partial charge >= 0.3 is 11.9 Å². The van der Waals surface area contributed by atoms with Crippen molar-refractivity contribution >= 4 is 44.3 Å². The third-order valence-electron chi connectivity index (χ3n) is 7.09. The number of thiophene rings is 1. The van der Waals surface area contributed by atoms with E-state index in [1.54, 1.807) is 14.2 Å². The van der Waals surface area contributed by atoms with Crippen LogP contribution in [0, 0.1) is 0 Å². The zero-order valence-corrected chi connectivity index (χ0v) is 23.4. The molecule has 0 bridgehead atoms. The number of likely N-dealkylation sites (tertiary alicyclic amines) is 1. The van der Waals surface area contributed by atoms with Crippen LogP contribution in [0.25, 0.3) is 21.0 Å². The van der Waals surface area contributed by atoms with Gasteiger partial charge in [0, 0.05) is 44.6 Å². The van der Waals surface area contributed by atoms with Crippen molar-refractivity contribution in [3.05, 3.63) is 53.5 Å². The summed E-state index contributed by atoms with van der Waals surface area (Å²) in [5.41, 5.74) is 1.04. The van der Waals surface area contributed by atoms with E-state index >= 15 is 0 Å². The molecule has 2 aromatic heterocycles. The first kappa shape index (κ1) is 29.2. The van der Waals surface area contributed by atoms with Crippen molar-refractivity contribution in [1.29, 1.82) is 0 Å². The molecule has 3 atom stereocenters. The van der Waals surface area contributed by atoms with Gasteiger partial charge in [-0.15, -0.1) is 11.3 Å². The molecule has 5 rings (SSSR count). The van der Waals surface area contributed by atoms with Crippen LogP contribution in [0.2, 0.25) is 0 Å². The van der Waals surface area contributed by atoms with Crippen molar-refractivity contribution in [2.45, 2.75) is 37.8 Å². The topological polar surface area (TPSA) is 142 Å². The number of H-pyrrole nitrogens is 1. The molecular formula is C29H34N2O8S. The molecule has 0 radical (unpaired) electrons. The van der Waals surface area contributed by atoms with Gasteiger partial charge in [0.15, 0.2) is 11.5 Å². The molecule has 4 N–H and O–H groups in total. The minimum absolute atomic E-state index is 0.287. The summed E-state index contributed by atoms with van der Waals surface area (Å²) in [6, 6.07) is 14.7. The van der Waals surface area contributed by atoms with E-state index in [1.165, 1.54) is 9.58 Å². The van der Waals surface area contributed by atoms with Crippen molar-refractivity contribution in [1.82, 2.24) is 9.88 Å². The van der Waals surface area contributed by atoms with Gasteiger partial charge in [0.2, 0.25) is 0 Å². The fourth-order valence-electron chi connectivity index (χ4n) is 5.10. The van der Waals surface area contributed by atoms with Crippen LogP contribution >= 0.6 is 11.3 Å². The summed E-state index contributed by atoms with van der Waals surface area (Å²) >= 11 is 1.85. The maximum absolute atomic E-state index is 10.7. The molecule has 10 nitrogen and oxygen atoms in total. The fraction of sp³-hybridized carbons (Fsp3) is 0.379. The smallest absolute Gasteiger partial charge is 0.414 e. The first-order valence-electron chi connectivity index (χ1n) is 12.9. The monoisotopic (exact) mass is 570 g/mol. The van der Waals surface area contributed by atoms with Gasteiger partial charge in [-0.1, -0.05) is 6.07 Å². The Balaban J connectivity index is 0.000000557. The van der Waals surface area contributed by atoms with Gasteiger partial charge in [-0.3, -0.25) is 4.90 Å². The lowest BCUT2D eigenvalue weighted by molar-refractivity contribution is -0.159. The van der Waals surface area contributed by atoms with E-state index in [9.17, 15) is 5.11 Å². The number of rotatable bonds is 8. The van der Waals surface area contributed by atoms with Crippen LogP contribution in [-0.4, -0.2) is 83.2 Å². The van der Waals surface area contributed by atoms with Crippen molar-refractivity contribution in [2.75, 3.05) is 33.9 Å². The number of aliphatic hydroxyl groups excluding tert-OH is 1. The molecular weight excluding hydrogens is 536 g/mol. The average molecular weight is 571 g/mol. The summed E-state index contributed by atoms with van der Waals surface area (Å²) in [7, 11) is 3.37. The number of aliphatic carboxylic acids is 2. The Morgan fingerprint density at radius 1 is 1.07 bits per heavy atom. The first-order chi connectivity index (χ1) is 19.2.